The molecule has 0 N–H and O–H groups in total. The Kier molecular flexibility index (Phi) is 3.28. The van der Waals surface area contributed by atoms with Gasteiger partial charge in [0.25, 0.3) is 0 Å². The highest BCUT2D eigenvalue weighted by molar-refractivity contribution is 5.27. The third-order valence-electron chi connectivity index (χ3n) is 2.53. The zero-order valence-corrected chi connectivity index (χ0v) is 9.66. The fraction of sp³-hybridized carbons (Fsp3) is 0.300. The van der Waals surface area contributed by atoms with Crippen molar-refractivity contribution in [3.63, 3.8) is 0 Å². The van der Waals surface area contributed by atoms with E-state index in [1.807, 2.05) is 0 Å². The predicted molar refractivity (Wildman–Crippen MR) is 57.9 cm³/mol. The lowest BCUT2D eigenvalue weighted by atomic mass is 10.1. The number of benzene rings is 1. The molecule has 6 nitrogen and oxygen atoms in total. The van der Waals surface area contributed by atoms with Gasteiger partial charge in [0, 0.05) is 5.56 Å². The first-order valence-electron chi connectivity index (χ1n) is 5.17. The van der Waals surface area contributed by atoms with Gasteiger partial charge in [0.2, 0.25) is 6.17 Å². The van der Waals surface area contributed by atoms with Crippen LogP contribution in [-0.2, 0) is 6.18 Å². The zero-order valence-electron chi connectivity index (χ0n) is 9.66. The van der Waals surface area contributed by atoms with E-state index < -0.39 is 17.9 Å². The fourth-order valence-electron chi connectivity index (χ4n) is 1.56. The summed E-state index contributed by atoms with van der Waals surface area (Å²) in [6.07, 6.45) is -5.51. The minimum Gasteiger partial charge on any atom is -0.197 e. The molecule has 0 amide bonds. The topological polar surface area (TPSA) is 73.0 Å². The maximum Gasteiger partial charge on any atom is 0.416 e. The molecule has 1 aromatic carbocycles. The predicted octanol–water partition coefficient (Wildman–Crippen LogP) is 2.31. The minimum atomic E-state index is -4.42. The summed E-state index contributed by atoms with van der Waals surface area (Å²) in [5, 5.41) is 13.4. The molecule has 1 heterocycles. The van der Waals surface area contributed by atoms with Crippen molar-refractivity contribution in [2.45, 2.75) is 19.3 Å². The largest absolute Gasteiger partial charge is 0.416 e. The number of nitroso groups, excluding NO2 is 1. The standard InChI is InChI=1S/C10H8F3N5O/c1-6-14-16-17-18(6)9(15-19)7-2-4-8(5-3-7)10(11,12)13/h2-5,9H,1H3. The van der Waals surface area contributed by atoms with Crippen LogP contribution in [0.15, 0.2) is 29.4 Å². The Morgan fingerprint density at radius 1 is 1.26 bits per heavy atom. The Balaban J connectivity index is 2.35. The van der Waals surface area contributed by atoms with Gasteiger partial charge < -0.3 is 0 Å². The van der Waals surface area contributed by atoms with Gasteiger partial charge in [0.05, 0.1) is 5.56 Å². The van der Waals surface area contributed by atoms with Crippen LogP contribution in [-0.4, -0.2) is 20.2 Å². The molecule has 0 spiro atoms. The number of nitrogens with zero attached hydrogens (tertiary/aromatic N) is 5. The zero-order chi connectivity index (χ0) is 14.0. The molecule has 1 aromatic heterocycles. The van der Waals surface area contributed by atoms with Crippen molar-refractivity contribution in [1.82, 2.24) is 20.2 Å². The van der Waals surface area contributed by atoms with Crippen LogP contribution in [0, 0.1) is 11.8 Å². The molecule has 0 radical (unpaired) electrons. The van der Waals surface area contributed by atoms with Crippen LogP contribution in [0.3, 0.4) is 0 Å². The highest BCUT2D eigenvalue weighted by atomic mass is 19.4. The molecule has 2 rings (SSSR count). The van der Waals surface area contributed by atoms with E-state index in [0.29, 0.717) is 5.82 Å². The molecule has 0 saturated heterocycles. The van der Waals surface area contributed by atoms with Gasteiger partial charge in [-0.05, 0) is 34.7 Å². The van der Waals surface area contributed by atoms with E-state index in [9.17, 15) is 18.1 Å². The monoisotopic (exact) mass is 271 g/mol. The summed E-state index contributed by atoms with van der Waals surface area (Å²) in [5.74, 6) is 0.337. The van der Waals surface area contributed by atoms with Crippen LogP contribution in [0.4, 0.5) is 13.2 Å². The normalized spacial score (nSPS) is 13.3. The van der Waals surface area contributed by atoms with Crippen LogP contribution in [0.5, 0.6) is 0 Å². The van der Waals surface area contributed by atoms with Gasteiger partial charge in [-0.1, -0.05) is 12.1 Å². The highest BCUT2D eigenvalue weighted by Gasteiger charge is 2.30. The van der Waals surface area contributed by atoms with Crippen LogP contribution in [0.1, 0.15) is 23.1 Å². The summed E-state index contributed by atoms with van der Waals surface area (Å²) < 4.78 is 38.4. The lowest BCUT2D eigenvalue weighted by Crippen LogP contribution is -2.12. The molecule has 1 unspecified atom stereocenters. The lowest BCUT2D eigenvalue weighted by molar-refractivity contribution is -0.137. The van der Waals surface area contributed by atoms with Crippen molar-refractivity contribution in [2.75, 3.05) is 0 Å². The van der Waals surface area contributed by atoms with Gasteiger partial charge >= 0.3 is 6.18 Å². The molecule has 0 aliphatic rings. The Morgan fingerprint density at radius 2 is 1.89 bits per heavy atom. The van der Waals surface area contributed by atoms with E-state index in [-0.39, 0.29) is 5.56 Å². The molecule has 0 fully saturated rings. The quantitative estimate of drug-likeness (QED) is 0.803. The van der Waals surface area contributed by atoms with Crippen LogP contribution in [0.2, 0.25) is 0 Å². The van der Waals surface area contributed by atoms with Gasteiger partial charge in [-0.15, -0.1) is 10.0 Å². The van der Waals surface area contributed by atoms with E-state index in [1.54, 1.807) is 6.92 Å². The third-order valence-corrected chi connectivity index (χ3v) is 2.53. The Morgan fingerprint density at radius 3 is 2.32 bits per heavy atom. The van der Waals surface area contributed by atoms with Crippen molar-refractivity contribution in [2.24, 2.45) is 5.18 Å². The molecule has 0 bridgehead atoms. The molecular weight excluding hydrogens is 263 g/mol. The molecular formula is C10H8F3N5O. The SMILES string of the molecule is Cc1nnnn1C(N=O)c1ccc(C(F)(F)F)cc1. The number of halogens is 3. The summed E-state index contributed by atoms with van der Waals surface area (Å²) in [5.41, 5.74) is -0.521. The Hall–Kier alpha value is -2.32. The van der Waals surface area contributed by atoms with Crippen molar-refractivity contribution >= 4 is 0 Å². The highest BCUT2D eigenvalue weighted by Crippen LogP contribution is 2.30. The molecule has 2 aromatic rings. The van der Waals surface area contributed by atoms with Crippen molar-refractivity contribution in [3.05, 3.63) is 46.1 Å². The second-order valence-corrected chi connectivity index (χ2v) is 3.77. The Bertz CT molecular complexity index is 578. The second-order valence-electron chi connectivity index (χ2n) is 3.77. The molecule has 0 aliphatic carbocycles. The number of hydrogen-bond donors (Lipinski definition) is 0. The number of rotatable bonds is 3. The fourth-order valence-corrected chi connectivity index (χ4v) is 1.56. The number of tetrazole rings is 1. The van der Waals surface area contributed by atoms with Gasteiger partial charge in [-0.25, -0.2) is 0 Å². The molecule has 100 valence electrons. The second kappa shape index (κ2) is 4.75. The van der Waals surface area contributed by atoms with E-state index in [1.165, 1.54) is 12.1 Å². The average molecular weight is 271 g/mol. The molecule has 9 heteroatoms. The smallest absolute Gasteiger partial charge is 0.197 e. The summed E-state index contributed by atoms with van der Waals surface area (Å²) >= 11 is 0. The van der Waals surface area contributed by atoms with Crippen molar-refractivity contribution < 1.29 is 13.2 Å². The summed E-state index contributed by atoms with van der Waals surface area (Å²) in [4.78, 5) is 10.8. The minimum absolute atomic E-state index is 0.276. The first-order valence-corrected chi connectivity index (χ1v) is 5.17. The molecule has 0 saturated carbocycles. The van der Waals surface area contributed by atoms with Crippen molar-refractivity contribution in [1.29, 1.82) is 0 Å². The summed E-state index contributed by atoms with van der Waals surface area (Å²) in [6.45, 7) is 1.56. The molecule has 1 atom stereocenters. The molecule has 0 aliphatic heterocycles. The number of aryl methyl sites for hydroxylation is 1. The maximum atomic E-state index is 12.4. The van der Waals surface area contributed by atoms with E-state index in [0.717, 1.165) is 16.8 Å². The van der Waals surface area contributed by atoms with Crippen LogP contribution >= 0.6 is 0 Å². The van der Waals surface area contributed by atoms with Gasteiger partial charge in [0.15, 0.2) is 5.82 Å². The Labute approximate surface area is 105 Å². The van der Waals surface area contributed by atoms with E-state index >= 15 is 0 Å². The van der Waals surface area contributed by atoms with Crippen LogP contribution in [0.25, 0.3) is 0 Å². The van der Waals surface area contributed by atoms with Gasteiger partial charge in [-0.2, -0.15) is 17.9 Å². The number of alkyl halides is 3. The average Bonchev–Trinajstić information content (AvgIpc) is 2.76. The first-order chi connectivity index (χ1) is 8.93. The summed E-state index contributed by atoms with van der Waals surface area (Å²) in [7, 11) is 0. The van der Waals surface area contributed by atoms with E-state index in [2.05, 4.69) is 20.7 Å². The maximum absolute atomic E-state index is 12.4. The first kappa shape index (κ1) is 13.1. The van der Waals surface area contributed by atoms with Gasteiger partial charge in [-0.3, -0.25) is 0 Å². The van der Waals surface area contributed by atoms with Crippen LogP contribution < -0.4 is 0 Å². The van der Waals surface area contributed by atoms with Gasteiger partial charge in [0.1, 0.15) is 0 Å². The molecule has 19 heavy (non-hydrogen) atoms. The number of aromatic nitrogens is 4. The van der Waals surface area contributed by atoms with Crippen molar-refractivity contribution in [3.8, 4) is 0 Å². The third kappa shape index (κ3) is 2.59. The number of hydrogen-bond acceptors (Lipinski definition) is 5. The van der Waals surface area contributed by atoms with E-state index in [4.69, 9.17) is 0 Å². The summed E-state index contributed by atoms with van der Waals surface area (Å²) in [6, 6.07) is 4.12. The lowest BCUT2D eigenvalue weighted by Gasteiger charge is -2.11.